The van der Waals surface area contributed by atoms with Crippen molar-refractivity contribution in [3.63, 3.8) is 0 Å². The molecule has 0 N–H and O–H groups in total. The molecule has 1 heterocycles. The van der Waals surface area contributed by atoms with E-state index in [9.17, 15) is 0 Å². The van der Waals surface area contributed by atoms with E-state index in [4.69, 9.17) is 4.98 Å². The largest absolute Gasteiger partial charge is 0.292 e. The van der Waals surface area contributed by atoms with E-state index in [1.54, 1.807) is 0 Å². The third-order valence-electron chi connectivity index (χ3n) is 14.8. The van der Waals surface area contributed by atoms with Crippen LogP contribution < -0.4 is 71.0 Å². The maximum absolute atomic E-state index is 5.14. The zero-order valence-electron chi connectivity index (χ0n) is 37.7. The molecule has 0 atom stereocenters. The monoisotopic (exact) mass is 754 g/mol. The van der Waals surface area contributed by atoms with Crippen LogP contribution in [0.5, 0.6) is 0 Å². The standard InChI is InChI=1S/C45H43B13N2/c46-32-27(33(47)39(53)44(58)38(32)52)20-12-10-18(11-13-20)25-28-30(36(50)42(56)40(54)34(28)48)26(31-29(25)35(49)41(55)43(57)37(31)51)19-14-16-22(17-15-19)60-24-9-5-4-8-23(24)59-45(60)21-6-2-1-3-7-21/h1-17H,46-58H2. The smallest absolute Gasteiger partial charge is 0.145 e. The Labute approximate surface area is 366 Å². The highest BCUT2D eigenvalue weighted by atomic mass is 15.1. The van der Waals surface area contributed by atoms with Crippen LogP contribution in [0.2, 0.25) is 0 Å². The lowest BCUT2D eigenvalue weighted by Gasteiger charge is -2.28. The minimum absolute atomic E-state index is 0.948. The topological polar surface area (TPSA) is 17.8 Å². The average molecular weight is 752 g/mol. The summed E-state index contributed by atoms with van der Waals surface area (Å²) in [6.45, 7) is 0. The first kappa shape index (κ1) is 40.0. The molecule has 60 heavy (non-hydrogen) atoms. The summed E-state index contributed by atoms with van der Waals surface area (Å²) in [5.41, 5.74) is 29.9. The molecule has 0 radical (unpaired) electrons. The van der Waals surface area contributed by atoms with Gasteiger partial charge in [0.25, 0.3) is 0 Å². The lowest BCUT2D eigenvalue weighted by atomic mass is 9.59. The third-order valence-corrected chi connectivity index (χ3v) is 14.8. The fourth-order valence-corrected chi connectivity index (χ4v) is 10.3. The molecule has 0 amide bonds. The van der Waals surface area contributed by atoms with Gasteiger partial charge in [-0.3, -0.25) is 4.57 Å². The maximum atomic E-state index is 5.14. The van der Waals surface area contributed by atoms with E-state index in [2.05, 4.69) is 210 Å². The number of para-hydroxylation sites is 2. The van der Waals surface area contributed by atoms with E-state index >= 15 is 0 Å². The number of nitrogens with zero attached hydrogens (tertiary/aromatic N) is 2. The Morgan fingerprint density at radius 1 is 0.300 bits per heavy atom. The molecule has 0 aliphatic heterocycles. The highest BCUT2D eigenvalue weighted by Crippen LogP contribution is 2.41. The zero-order valence-corrected chi connectivity index (χ0v) is 37.7. The molecule has 9 rings (SSSR count). The molecule has 0 saturated carbocycles. The van der Waals surface area contributed by atoms with Crippen molar-refractivity contribution in [2.24, 2.45) is 0 Å². The van der Waals surface area contributed by atoms with E-state index in [0.29, 0.717) is 0 Å². The predicted molar refractivity (Wildman–Crippen MR) is 304 cm³/mol. The van der Waals surface area contributed by atoms with Crippen molar-refractivity contribution in [1.82, 2.24) is 9.55 Å². The molecular weight excluding hydrogens is 709 g/mol. The van der Waals surface area contributed by atoms with Gasteiger partial charge in [0.1, 0.15) is 108 Å². The van der Waals surface area contributed by atoms with Crippen molar-refractivity contribution in [2.75, 3.05) is 0 Å². The lowest BCUT2D eigenvalue weighted by molar-refractivity contribution is 1.10. The maximum Gasteiger partial charge on any atom is 0.145 e. The quantitative estimate of drug-likeness (QED) is 0.126. The van der Waals surface area contributed by atoms with Crippen molar-refractivity contribution < 1.29 is 0 Å². The van der Waals surface area contributed by atoms with Gasteiger partial charge in [0.05, 0.1) is 11.0 Å². The summed E-state index contributed by atoms with van der Waals surface area (Å²) in [5.74, 6) is 0.948. The van der Waals surface area contributed by atoms with Crippen molar-refractivity contribution in [1.29, 1.82) is 0 Å². The van der Waals surface area contributed by atoms with Gasteiger partial charge < -0.3 is 0 Å². The van der Waals surface area contributed by atoms with Crippen LogP contribution in [0.1, 0.15) is 0 Å². The van der Waals surface area contributed by atoms with Crippen molar-refractivity contribution in [2.45, 2.75) is 0 Å². The second kappa shape index (κ2) is 14.9. The molecule has 0 spiro atoms. The Balaban J connectivity index is 1.35. The van der Waals surface area contributed by atoms with Gasteiger partial charge in [-0.25, -0.2) is 4.98 Å². The number of imidazole rings is 1. The third kappa shape index (κ3) is 5.93. The fourth-order valence-electron chi connectivity index (χ4n) is 10.3. The normalized spacial score (nSPS) is 11.5. The number of fused-ring (bicyclic) bond motifs is 3. The molecular formula is C45H43B13N2. The summed E-state index contributed by atoms with van der Waals surface area (Å²) in [6.07, 6.45) is 0. The molecule has 1 aromatic heterocycles. The summed E-state index contributed by atoms with van der Waals surface area (Å²) in [4.78, 5) is 5.14. The van der Waals surface area contributed by atoms with Crippen LogP contribution in [0, 0.1) is 0 Å². The minimum atomic E-state index is 0.948. The van der Waals surface area contributed by atoms with Gasteiger partial charge in [0.2, 0.25) is 0 Å². The van der Waals surface area contributed by atoms with Crippen molar-refractivity contribution in [3.05, 3.63) is 103 Å². The highest BCUT2D eigenvalue weighted by Gasteiger charge is 2.26. The average Bonchev–Trinajstić information content (AvgIpc) is 3.67. The number of hydrogen-bond donors (Lipinski definition) is 0. The number of hydrogen-bond acceptors (Lipinski definition) is 1. The zero-order chi connectivity index (χ0) is 42.5. The van der Waals surface area contributed by atoms with Crippen LogP contribution in [0.4, 0.5) is 0 Å². The van der Waals surface area contributed by atoms with Gasteiger partial charge >= 0.3 is 0 Å². The molecule has 272 valence electrons. The summed E-state index contributed by atoms with van der Waals surface area (Å²) in [7, 11) is 30.0. The van der Waals surface area contributed by atoms with Crippen molar-refractivity contribution >= 4 is 206 Å². The van der Waals surface area contributed by atoms with E-state index in [1.165, 1.54) is 126 Å². The van der Waals surface area contributed by atoms with Crippen LogP contribution >= 0.6 is 0 Å². The Morgan fingerprint density at radius 2 is 0.650 bits per heavy atom. The van der Waals surface area contributed by atoms with Crippen LogP contribution in [-0.4, -0.2) is 112 Å². The lowest BCUT2D eigenvalue weighted by Crippen LogP contribution is -2.55. The summed E-state index contributed by atoms with van der Waals surface area (Å²) in [6, 6.07) is 37.8. The SMILES string of the molecule is Bc1c(B)c(B)c(-c2ccc(-c3c4c(B)c(B)c(B)c(B)c4c(-c4ccc(-n5c(-c6ccccc6)nc6ccccc65)cc4)c4c(B)c(B)c(B)c(B)c34)cc2)c(B)c1B. The van der Waals surface area contributed by atoms with Gasteiger partial charge in [-0.1, -0.05) is 112 Å². The number of benzene rings is 8. The molecule has 0 saturated heterocycles. The minimum Gasteiger partial charge on any atom is -0.292 e. The van der Waals surface area contributed by atoms with Gasteiger partial charge in [-0.2, -0.15) is 0 Å². The summed E-state index contributed by atoms with van der Waals surface area (Å²) in [5, 5.41) is 5.44. The second-order valence-electron chi connectivity index (χ2n) is 17.5. The fraction of sp³-hybridized carbons (Fsp3) is 0. The first-order chi connectivity index (χ1) is 28.7. The first-order valence-corrected chi connectivity index (χ1v) is 21.5. The van der Waals surface area contributed by atoms with Gasteiger partial charge in [0.15, 0.2) is 0 Å². The van der Waals surface area contributed by atoms with E-state index < -0.39 is 0 Å². The highest BCUT2D eigenvalue weighted by molar-refractivity contribution is 6.72. The molecule has 8 aromatic carbocycles. The first-order valence-electron chi connectivity index (χ1n) is 21.5. The Morgan fingerprint density at radius 3 is 1.10 bits per heavy atom. The van der Waals surface area contributed by atoms with Gasteiger partial charge in [0, 0.05) is 11.3 Å². The Kier molecular flexibility index (Phi) is 9.97. The van der Waals surface area contributed by atoms with Crippen molar-refractivity contribution in [3.8, 4) is 50.5 Å². The Bertz CT molecular complexity index is 3160. The van der Waals surface area contributed by atoms with Crippen LogP contribution in [0.15, 0.2) is 103 Å². The van der Waals surface area contributed by atoms with E-state index in [-0.39, 0.29) is 0 Å². The molecule has 9 aromatic rings. The molecule has 0 aliphatic rings. The Hall–Kier alpha value is -5.41. The number of aromatic nitrogens is 2. The molecule has 2 nitrogen and oxygen atoms in total. The molecule has 0 bridgehead atoms. The molecule has 0 fully saturated rings. The molecule has 0 aliphatic carbocycles. The van der Waals surface area contributed by atoms with Crippen LogP contribution in [-0.2, 0) is 0 Å². The van der Waals surface area contributed by atoms with Gasteiger partial charge in [-0.15, -0.1) is 38.2 Å². The van der Waals surface area contributed by atoms with Crippen LogP contribution in [0.25, 0.3) is 83.0 Å². The predicted octanol–water partition coefficient (Wildman–Crippen LogP) is -10.6. The molecule has 15 heteroatoms. The summed E-state index contributed by atoms with van der Waals surface area (Å²) < 4.78 is 2.31. The summed E-state index contributed by atoms with van der Waals surface area (Å²) >= 11 is 0. The molecule has 0 unspecified atom stereocenters. The van der Waals surface area contributed by atoms with E-state index in [0.717, 1.165) is 28.1 Å². The second-order valence-corrected chi connectivity index (χ2v) is 17.5. The van der Waals surface area contributed by atoms with Crippen LogP contribution in [0.3, 0.4) is 0 Å². The van der Waals surface area contributed by atoms with Gasteiger partial charge in [-0.05, 0) is 79.2 Å². The number of rotatable bonds is 5. The van der Waals surface area contributed by atoms with E-state index in [1.807, 2.05) is 0 Å².